The third kappa shape index (κ3) is 4.37. The Morgan fingerprint density at radius 2 is 2.19 bits per heavy atom. The van der Waals surface area contributed by atoms with Crippen molar-refractivity contribution in [2.24, 2.45) is 11.3 Å². The number of carbonyl (C=O) groups is 1. The Morgan fingerprint density at radius 3 is 2.76 bits per heavy atom. The highest BCUT2D eigenvalue weighted by Gasteiger charge is 2.26. The molecule has 2 heterocycles. The van der Waals surface area contributed by atoms with Gasteiger partial charge in [0.05, 0.1) is 12.5 Å². The Kier molecular flexibility index (Phi) is 4.35. The number of rotatable bonds is 6. The summed E-state index contributed by atoms with van der Waals surface area (Å²) in [7, 11) is 0. The molecule has 0 spiro atoms. The quantitative estimate of drug-likeness (QED) is 0.854. The molecule has 1 N–H and O–H groups in total. The maximum Gasteiger partial charge on any atom is 0.308 e. The van der Waals surface area contributed by atoms with E-state index in [-0.39, 0.29) is 12.0 Å². The monoisotopic (exact) mass is 292 g/mol. The number of hydrogen-bond acceptors (Lipinski definition) is 5. The summed E-state index contributed by atoms with van der Waals surface area (Å²) in [6.07, 6.45) is 4.04. The van der Waals surface area contributed by atoms with Crippen LogP contribution in [0.15, 0.2) is 18.5 Å². The van der Waals surface area contributed by atoms with E-state index in [4.69, 9.17) is 0 Å². The maximum atomic E-state index is 11.4. The molecule has 0 aromatic carbocycles. The SMILES string of the molecule is CC(C)(C)CC(Cn1nnnc1Cn1cccn1)C(=O)O. The van der Waals surface area contributed by atoms with Crippen LogP contribution in [0.25, 0.3) is 0 Å². The average Bonchev–Trinajstić information content (AvgIpc) is 3.00. The van der Waals surface area contributed by atoms with E-state index in [9.17, 15) is 9.90 Å². The normalized spacial score (nSPS) is 13.3. The van der Waals surface area contributed by atoms with Crippen molar-refractivity contribution >= 4 is 5.97 Å². The Morgan fingerprint density at radius 1 is 1.43 bits per heavy atom. The van der Waals surface area contributed by atoms with Gasteiger partial charge in [-0.05, 0) is 28.3 Å². The number of carboxylic acid groups (broad SMARTS) is 1. The second-order valence-electron chi connectivity index (χ2n) is 6.28. The van der Waals surface area contributed by atoms with Crippen LogP contribution in [0.1, 0.15) is 33.0 Å². The molecule has 0 fully saturated rings. The summed E-state index contributed by atoms with van der Waals surface area (Å²) in [5.41, 5.74) is -0.0702. The molecule has 114 valence electrons. The molecule has 0 saturated heterocycles. The number of hydrogen-bond donors (Lipinski definition) is 1. The molecule has 2 aromatic heterocycles. The van der Waals surface area contributed by atoms with Gasteiger partial charge in [-0.1, -0.05) is 20.8 Å². The molecule has 0 saturated carbocycles. The van der Waals surface area contributed by atoms with Gasteiger partial charge in [0.1, 0.15) is 6.54 Å². The molecular formula is C13H20N6O2. The van der Waals surface area contributed by atoms with Crippen LogP contribution in [0, 0.1) is 11.3 Å². The third-order valence-electron chi connectivity index (χ3n) is 3.07. The lowest BCUT2D eigenvalue weighted by atomic mass is 9.84. The fraction of sp³-hybridized carbons (Fsp3) is 0.615. The molecule has 0 radical (unpaired) electrons. The van der Waals surface area contributed by atoms with E-state index in [1.807, 2.05) is 33.0 Å². The molecule has 2 rings (SSSR count). The topological polar surface area (TPSA) is 98.7 Å². The number of nitrogens with zero attached hydrogens (tertiary/aromatic N) is 6. The summed E-state index contributed by atoms with van der Waals surface area (Å²) in [5.74, 6) is -0.755. The van der Waals surface area contributed by atoms with Gasteiger partial charge in [0, 0.05) is 12.4 Å². The minimum Gasteiger partial charge on any atom is -0.481 e. The highest BCUT2D eigenvalue weighted by molar-refractivity contribution is 5.69. The predicted octanol–water partition coefficient (Wildman–Crippen LogP) is 1.05. The van der Waals surface area contributed by atoms with Crippen LogP contribution < -0.4 is 0 Å². The molecule has 2 aromatic rings. The Balaban J connectivity index is 2.11. The molecule has 0 aliphatic heterocycles. The van der Waals surface area contributed by atoms with Gasteiger partial charge < -0.3 is 5.11 Å². The summed E-state index contributed by atoms with van der Waals surface area (Å²) >= 11 is 0. The first-order valence-corrected chi connectivity index (χ1v) is 6.80. The van der Waals surface area contributed by atoms with Crippen LogP contribution in [-0.4, -0.2) is 41.1 Å². The summed E-state index contributed by atoms with van der Waals surface area (Å²) in [6, 6.07) is 1.81. The van der Waals surface area contributed by atoms with Gasteiger partial charge >= 0.3 is 5.97 Å². The van der Waals surface area contributed by atoms with Gasteiger partial charge in [0.15, 0.2) is 5.82 Å². The molecule has 8 nitrogen and oxygen atoms in total. The van der Waals surface area contributed by atoms with E-state index in [1.165, 1.54) is 0 Å². The minimum absolute atomic E-state index is 0.0702. The lowest BCUT2D eigenvalue weighted by Gasteiger charge is -2.23. The minimum atomic E-state index is -0.828. The smallest absolute Gasteiger partial charge is 0.308 e. The van der Waals surface area contributed by atoms with Crippen molar-refractivity contribution in [3.05, 3.63) is 24.3 Å². The van der Waals surface area contributed by atoms with Crippen molar-refractivity contribution in [2.45, 2.75) is 40.3 Å². The number of tetrazole rings is 1. The maximum absolute atomic E-state index is 11.4. The second-order valence-corrected chi connectivity index (χ2v) is 6.28. The molecule has 8 heteroatoms. The van der Waals surface area contributed by atoms with E-state index < -0.39 is 11.9 Å². The lowest BCUT2D eigenvalue weighted by molar-refractivity contribution is -0.143. The average molecular weight is 292 g/mol. The summed E-state index contributed by atoms with van der Waals surface area (Å²) in [4.78, 5) is 11.4. The Labute approximate surface area is 122 Å². The zero-order valence-electron chi connectivity index (χ0n) is 12.5. The molecule has 0 bridgehead atoms. The van der Waals surface area contributed by atoms with Crippen LogP contribution in [0.3, 0.4) is 0 Å². The molecule has 1 unspecified atom stereocenters. The molecule has 0 amide bonds. The standard InChI is InChI=1S/C13H20N6O2/c1-13(2,3)7-10(12(20)21)8-19-11(15-16-17-19)9-18-6-4-5-14-18/h4-6,10H,7-9H2,1-3H3,(H,20,21). The van der Waals surface area contributed by atoms with E-state index in [1.54, 1.807) is 15.6 Å². The fourth-order valence-electron chi connectivity index (χ4n) is 2.20. The van der Waals surface area contributed by atoms with Gasteiger partial charge in [-0.3, -0.25) is 9.48 Å². The van der Waals surface area contributed by atoms with Crippen molar-refractivity contribution in [2.75, 3.05) is 0 Å². The van der Waals surface area contributed by atoms with Gasteiger partial charge in [-0.2, -0.15) is 5.10 Å². The highest BCUT2D eigenvalue weighted by atomic mass is 16.4. The first kappa shape index (κ1) is 15.1. The zero-order chi connectivity index (χ0) is 15.5. The molecule has 1 atom stereocenters. The summed E-state index contributed by atoms with van der Waals surface area (Å²) < 4.78 is 3.24. The second kappa shape index (κ2) is 6.02. The van der Waals surface area contributed by atoms with Crippen LogP contribution >= 0.6 is 0 Å². The van der Waals surface area contributed by atoms with E-state index in [2.05, 4.69) is 20.6 Å². The van der Waals surface area contributed by atoms with Gasteiger partial charge in [0.2, 0.25) is 0 Å². The van der Waals surface area contributed by atoms with Crippen molar-refractivity contribution < 1.29 is 9.90 Å². The number of aliphatic carboxylic acids is 1. The van der Waals surface area contributed by atoms with Crippen molar-refractivity contribution in [1.82, 2.24) is 30.0 Å². The molecule has 0 aliphatic rings. The Bertz CT molecular complexity index is 584. The van der Waals surface area contributed by atoms with E-state index in [0.717, 1.165) is 0 Å². The van der Waals surface area contributed by atoms with Gasteiger partial charge in [-0.15, -0.1) is 5.10 Å². The van der Waals surface area contributed by atoms with Crippen LogP contribution in [0.5, 0.6) is 0 Å². The first-order chi connectivity index (χ1) is 9.85. The van der Waals surface area contributed by atoms with Crippen molar-refractivity contribution in [3.63, 3.8) is 0 Å². The van der Waals surface area contributed by atoms with E-state index in [0.29, 0.717) is 18.8 Å². The highest BCUT2D eigenvalue weighted by Crippen LogP contribution is 2.25. The Hall–Kier alpha value is -2.25. The van der Waals surface area contributed by atoms with Crippen LogP contribution in [-0.2, 0) is 17.9 Å². The van der Waals surface area contributed by atoms with Crippen LogP contribution in [0.2, 0.25) is 0 Å². The number of carboxylic acids is 1. The summed E-state index contributed by atoms with van der Waals surface area (Å²) in [6.45, 7) is 6.74. The molecule has 0 aliphatic carbocycles. The zero-order valence-corrected chi connectivity index (χ0v) is 12.5. The van der Waals surface area contributed by atoms with Crippen molar-refractivity contribution in [3.8, 4) is 0 Å². The molecule has 21 heavy (non-hydrogen) atoms. The predicted molar refractivity (Wildman–Crippen MR) is 74.3 cm³/mol. The third-order valence-corrected chi connectivity index (χ3v) is 3.07. The largest absolute Gasteiger partial charge is 0.481 e. The number of aromatic nitrogens is 6. The first-order valence-electron chi connectivity index (χ1n) is 6.80. The van der Waals surface area contributed by atoms with E-state index >= 15 is 0 Å². The lowest BCUT2D eigenvalue weighted by Crippen LogP contribution is -2.27. The fourth-order valence-corrected chi connectivity index (χ4v) is 2.20. The van der Waals surface area contributed by atoms with Crippen LogP contribution in [0.4, 0.5) is 0 Å². The van der Waals surface area contributed by atoms with Gasteiger partial charge in [-0.25, -0.2) is 4.68 Å². The molecular weight excluding hydrogens is 272 g/mol. The van der Waals surface area contributed by atoms with Gasteiger partial charge in [0.25, 0.3) is 0 Å². The summed E-state index contributed by atoms with van der Waals surface area (Å²) in [5, 5.41) is 25.0. The van der Waals surface area contributed by atoms with Crippen molar-refractivity contribution in [1.29, 1.82) is 0 Å².